The van der Waals surface area contributed by atoms with E-state index in [2.05, 4.69) is 66.2 Å². The largest absolute Gasteiger partial charge is 0.459 e. The topological polar surface area (TPSA) is 132 Å². The number of nitrogens with one attached hydrogen (secondary N) is 3. The van der Waals surface area contributed by atoms with Crippen molar-refractivity contribution in [2.75, 3.05) is 41.3 Å². The minimum absolute atomic E-state index is 0.196. The summed E-state index contributed by atoms with van der Waals surface area (Å²) in [5.41, 5.74) is 6.03. The quantitative estimate of drug-likeness (QED) is 0.255. The van der Waals surface area contributed by atoms with E-state index in [1.54, 1.807) is 24.3 Å². The molecule has 1 aliphatic rings. The number of tetrazole rings is 1. The second kappa shape index (κ2) is 12.0. The third kappa shape index (κ3) is 5.85. The predicted molar refractivity (Wildman–Crippen MR) is 159 cm³/mol. The summed E-state index contributed by atoms with van der Waals surface area (Å²) in [5, 5.41) is 19.9. The molecule has 6 rings (SSSR count). The van der Waals surface area contributed by atoms with Crippen molar-refractivity contribution in [2.24, 2.45) is 0 Å². The van der Waals surface area contributed by atoms with Gasteiger partial charge in [-0.25, -0.2) is 5.10 Å². The van der Waals surface area contributed by atoms with Crippen LogP contribution in [0, 0.1) is 6.92 Å². The number of aryl methyl sites for hydroxylation is 1. The molecule has 0 bridgehead atoms. The number of aromatic nitrogens is 4. The molecule has 212 valence electrons. The molecule has 1 fully saturated rings. The highest BCUT2D eigenvalue weighted by Crippen LogP contribution is 2.30. The predicted octanol–water partition coefficient (Wildman–Crippen LogP) is 4.28. The van der Waals surface area contributed by atoms with E-state index in [9.17, 15) is 9.59 Å². The van der Waals surface area contributed by atoms with Crippen LogP contribution in [-0.2, 0) is 6.54 Å². The summed E-state index contributed by atoms with van der Waals surface area (Å²) in [6.45, 7) is 5.63. The highest BCUT2D eigenvalue weighted by molar-refractivity contribution is 6.05. The molecule has 0 saturated carbocycles. The van der Waals surface area contributed by atoms with Gasteiger partial charge in [-0.05, 0) is 70.9 Å². The van der Waals surface area contributed by atoms with Gasteiger partial charge in [0.05, 0.1) is 17.6 Å². The number of benzene rings is 3. The number of piperazine rings is 1. The molecule has 1 aliphatic heterocycles. The molecule has 0 radical (unpaired) electrons. The lowest BCUT2D eigenvalue weighted by Crippen LogP contribution is -2.47. The van der Waals surface area contributed by atoms with Crippen LogP contribution in [0.15, 0.2) is 89.5 Å². The summed E-state index contributed by atoms with van der Waals surface area (Å²) in [6, 6.07) is 24.7. The molecule has 2 aromatic heterocycles. The van der Waals surface area contributed by atoms with E-state index in [-0.39, 0.29) is 17.6 Å². The van der Waals surface area contributed by atoms with Crippen molar-refractivity contribution >= 4 is 28.9 Å². The number of carbonyl (C=O) groups is 2. The second-order valence-corrected chi connectivity index (χ2v) is 10.1. The minimum atomic E-state index is -0.379. The molecule has 0 atom stereocenters. The Morgan fingerprint density at radius 1 is 0.881 bits per heavy atom. The Morgan fingerprint density at radius 3 is 2.43 bits per heavy atom. The van der Waals surface area contributed by atoms with Crippen LogP contribution in [0.1, 0.15) is 32.0 Å². The highest BCUT2D eigenvalue weighted by Gasteiger charge is 2.23. The van der Waals surface area contributed by atoms with E-state index in [0.717, 1.165) is 43.0 Å². The number of rotatable bonds is 8. The second-order valence-electron chi connectivity index (χ2n) is 10.1. The monoisotopic (exact) mass is 562 g/mol. The molecule has 0 aliphatic carbocycles. The van der Waals surface area contributed by atoms with Crippen molar-refractivity contribution in [1.82, 2.24) is 25.9 Å². The van der Waals surface area contributed by atoms with Crippen molar-refractivity contribution in [1.29, 1.82) is 0 Å². The molecular formula is C31H30N8O3. The molecule has 3 heterocycles. The molecular weight excluding hydrogens is 532 g/mol. The summed E-state index contributed by atoms with van der Waals surface area (Å²) < 4.78 is 5.30. The number of hydrogen-bond donors (Lipinski definition) is 3. The smallest absolute Gasteiger partial charge is 0.291 e. The maximum atomic E-state index is 13.2. The maximum absolute atomic E-state index is 13.2. The van der Waals surface area contributed by atoms with Crippen molar-refractivity contribution in [2.45, 2.75) is 13.5 Å². The first-order valence-electron chi connectivity index (χ1n) is 13.7. The highest BCUT2D eigenvalue weighted by atomic mass is 16.3. The van der Waals surface area contributed by atoms with E-state index in [0.29, 0.717) is 23.6 Å². The van der Waals surface area contributed by atoms with Crippen molar-refractivity contribution in [3.63, 3.8) is 0 Å². The molecule has 5 aromatic rings. The van der Waals surface area contributed by atoms with Gasteiger partial charge in [-0.3, -0.25) is 9.59 Å². The van der Waals surface area contributed by atoms with Crippen LogP contribution in [0.25, 0.3) is 11.4 Å². The molecule has 2 amide bonds. The van der Waals surface area contributed by atoms with E-state index in [4.69, 9.17) is 4.42 Å². The molecule has 11 nitrogen and oxygen atoms in total. The Bertz CT molecular complexity index is 1680. The van der Waals surface area contributed by atoms with Crippen molar-refractivity contribution < 1.29 is 14.0 Å². The van der Waals surface area contributed by atoms with E-state index in [1.165, 1.54) is 17.5 Å². The van der Waals surface area contributed by atoms with Crippen LogP contribution in [0.5, 0.6) is 0 Å². The zero-order chi connectivity index (χ0) is 28.9. The lowest BCUT2D eigenvalue weighted by Gasteiger charge is -2.38. The maximum Gasteiger partial charge on any atom is 0.291 e. The van der Waals surface area contributed by atoms with Crippen LogP contribution in [-0.4, -0.2) is 58.6 Å². The molecule has 11 heteroatoms. The van der Waals surface area contributed by atoms with Gasteiger partial charge in [0.15, 0.2) is 11.6 Å². The first kappa shape index (κ1) is 26.8. The average molecular weight is 563 g/mol. The number of amides is 2. The Kier molecular flexibility index (Phi) is 7.62. The van der Waals surface area contributed by atoms with E-state index >= 15 is 0 Å². The lowest BCUT2D eigenvalue weighted by atomic mass is 10.1. The van der Waals surface area contributed by atoms with Crippen LogP contribution >= 0.6 is 0 Å². The summed E-state index contributed by atoms with van der Waals surface area (Å²) in [6.07, 6.45) is 1.46. The average Bonchev–Trinajstić information content (AvgIpc) is 3.76. The number of nitrogens with zero attached hydrogens (tertiary/aromatic N) is 5. The lowest BCUT2D eigenvalue weighted by molar-refractivity contribution is 0.0949. The standard InChI is InChI=1S/C31H30N8O3/c1-21-6-2-3-9-26(21)38-13-15-39(16-14-38)27-12-11-24(19-25(27)33-31(41)28-10-5-17-42-28)30(40)32-20-22-7-4-8-23(18-22)29-34-36-37-35-29/h2-12,17-19H,13-16,20H2,1H3,(H,32,40)(H,33,41)(H,34,35,36,37). The Hall–Kier alpha value is -5.45. The van der Waals surface area contributed by atoms with Gasteiger partial charge in [-0.2, -0.15) is 0 Å². The zero-order valence-corrected chi connectivity index (χ0v) is 23.1. The van der Waals surface area contributed by atoms with E-state index < -0.39 is 0 Å². The Morgan fingerprint density at radius 2 is 1.69 bits per heavy atom. The van der Waals surface area contributed by atoms with Crippen LogP contribution in [0.2, 0.25) is 0 Å². The van der Waals surface area contributed by atoms with Gasteiger partial charge in [0.1, 0.15) is 0 Å². The fourth-order valence-electron chi connectivity index (χ4n) is 5.15. The summed E-state index contributed by atoms with van der Waals surface area (Å²) in [4.78, 5) is 30.8. The van der Waals surface area contributed by atoms with Gasteiger partial charge in [-0.1, -0.05) is 36.4 Å². The van der Waals surface area contributed by atoms with Crippen LogP contribution < -0.4 is 20.4 Å². The first-order chi connectivity index (χ1) is 20.5. The molecule has 3 aromatic carbocycles. The third-order valence-electron chi connectivity index (χ3n) is 7.33. The first-order valence-corrected chi connectivity index (χ1v) is 13.7. The number of furan rings is 1. The number of anilines is 3. The third-order valence-corrected chi connectivity index (χ3v) is 7.33. The molecule has 0 unspecified atom stereocenters. The summed E-state index contributed by atoms with van der Waals surface area (Å²) in [5.74, 6) is 0.111. The van der Waals surface area contributed by atoms with Gasteiger partial charge in [0.2, 0.25) is 0 Å². The van der Waals surface area contributed by atoms with Crippen molar-refractivity contribution in [3.8, 4) is 11.4 Å². The van der Waals surface area contributed by atoms with Crippen LogP contribution in [0.4, 0.5) is 17.1 Å². The fourth-order valence-corrected chi connectivity index (χ4v) is 5.15. The minimum Gasteiger partial charge on any atom is -0.459 e. The normalized spacial score (nSPS) is 13.2. The molecule has 0 spiro atoms. The van der Waals surface area contributed by atoms with E-state index in [1.807, 2.05) is 36.4 Å². The molecule has 1 saturated heterocycles. The zero-order valence-electron chi connectivity index (χ0n) is 23.1. The van der Waals surface area contributed by atoms with Gasteiger partial charge in [0.25, 0.3) is 11.8 Å². The van der Waals surface area contributed by atoms with Gasteiger partial charge >= 0.3 is 0 Å². The number of H-pyrrole nitrogens is 1. The van der Waals surface area contributed by atoms with Gasteiger partial charge in [0, 0.05) is 49.5 Å². The number of carbonyl (C=O) groups excluding carboxylic acids is 2. The summed E-state index contributed by atoms with van der Waals surface area (Å²) in [7, 11) is 0. The molecule has 3 N–H and O–H groups in total. The fraction of sp³-hybridized carbons (Fsp3) is 0.194. The van der Waals surface area contributed by atoms with Crippen LogP contribution in [0.3, 0.4) is 0 Å². The van der Waals surface area contributed by atoms with Gasteiger partial charge in [-0.15, -0.1) is 5.10 Å². The number of para-hydroxylation sites is 1. The molecule has 42 heavy (non-hydrogen) atoms. The van der Waals surface area contributed by atoms with Gasteiger partial charge < -0.3 is 24.9 Å². The Labute approximate surface area is 242 Å². The summed E-state index contributed by atoms with van der Waals surface area (Å²) >= 11 is 0. The Balaban J connectivity index is 1.19. The van der Waals surface area contributed by atoms with Crippen molar-refractivity contribution in [3.05, 3.63) is 108 Å². The number of aromatic amines is 1. The SMILES string of the molecule is Cc1ccccc1N1CCN(c2ccc(C(=O)NCc3cccc(-c4nnn[nH]4)c3)cc2NC(=O)c2ccco2)CC1. The number of hydrogen-bond acceptors (Lipinski definition) is 8.